The summed E-state index contributed by atoms with van der Waals surface area (Å²) in [5.41, 5.74) is 8.59. The number of amides is 1. The van der Waals surface area contributed by atoms with Crippen molar-refractivity contribution in [3.8, 4) is 0 Å². The fourth-order valence-corrected chi connectivity index (χ4v) is 3.86. The largest absolute Gasteiger partial charge is 0.308 e. The molecular formula is C17H23N5O. The molecule has 2 aromatic rings. The van der Waals surface area contributed by atoms with E-state index in [0.717, 1.165) is 36.5 Å². The smallest absolute Gasteiger partial charge is 0.229 e. The average Bonchev–Trinajstić information content (AvgIpc) is 3.19. The van der Waals surface area contributed by atoms with E-state index < -0.39 is 0 Å². The third kappa shape index (κ3) is 2.42. The zero-order valence-corrected chi connectivity index (χ0v) is 13.6. The van der Waals surface area contributed by atoms with Gasteiger partial charge in [-0.3, -0.25) is 20.5 Å². The van der Waals surface area contributed by atoms with Crippen molar-refractivity contribution in [3.05, 3.63) is 24.3 Å². The minimum atomic E-state index is 0.186. The van der Waals surface area contributed by atoms with Crippen LogP contribution in [0.5, 0.6) is 0 Å². The number of carbonyl (C=O) groups excluding carboxylic acids is 1. The number of rotatable bonds is 3. The second kappa shape index (κ2) is 5.62. The van der Waals surface area contributed by atoms with Gasteiger partial charge in [0.25, 0.3) is 0 Å². The Morgan fingerprint density at radius 3 is 2.74 bits per heavy atom. The summed E-state index contributed by atoms with van der Waals surface area (Å²) >= 11 is 0. The van der Waals surface area contributed by atoms with Crippen molar-refractivity contribution in [2.75, 3.05) is 11.4 Å². The van der Waals surface area contributed by atoms with Gasteiger partial charge in [0.15, 0.2) is 0 Å². The van der Waals surface area contributed by atoms with Crippen LogP contribution in [0.3, 0.4) is 0 Å². The Labute approximate surface area is 135 Å². The van der Waals surface area contributed by atoms with Gasteiger partial charge >= 0.3 is 0 Å². The van der Waals surface area contributed by atoms with E-state index in [1.54, 1.807) is 0 Å². The standard InChI is InChI=1S/C17H23N5O/c1-11-13(12(2)20-19-11)7-8-16(23)22-10-9-21-15-6-4-3-5-14(15)18-17(21)22/h3-6,11-13,19-20H,7-10H2,1-2H3. The molecule has 122 valence electrons. The van der Waals surface area contributed by atoms with Crippen LogP contribution in [0.4, 0.5) is 5.95 Å². The van der Waals surface area contributed by atoms with Gasteiger partial charge in [0.2, 0.25) is 11.9 Å². The van der Waals surface area contributed by atoms with E-state index >= 15 is 0 Å². The van der Waals surface area contributed by atoms with Crippen molar-refractivity contribution in [1.82, 2.24) is 20.4 Å². The quantitative estimate of drug-likeness (QED) is 0.905. The Morgan fingerprint density at radius 2 is 1.96 bits per heavy atom. The van der Waals surface area contributed by atoms with E-state index in [0.29, 0.717) is 24.4 Å². The number of hydrogen-bond donors (Lipinski definition) is 2. The first-order valence-corrected chi connectivity index (χ1v) is 8.42. The Hall–Kier alpha value is -1.92. The van der Waals surface area contributed by atoms with Crippen molar-refractivity contribution in [2.24, 2.45) is 5.92 Å². The van der Waals surface area contributed by atoms with Crippen LogP contribution in [-0.2, 0) is 11.3 Å². The van der Waals surface area contributed by atoms with Crippen LogP contribution in [0.25, 0.3) is 11.0 Å². The molecule has 6 nitrogen and oxygen atoms in total. The molecule has 2 atom stereocenters. The minimum Gasteiger partial charge on any atom is -0.308 e. The number of aromatic nitrogens is 2. The summed E-state index contributed by atoms with van der Waals surface area (Å²) in [6.07, 6.45) is 1.48. The summed E-state index contributed by atoms with van der Waals surface area (Å²) < 4.78 is 2.15. The molecule has 23 heavy (non-hydrogen) atoms. The highest BCUT2D eigenvalue weighted by molar-refractivity contribution is 5.94. The van der Waals surface area contributed by atoms with E-state index in [1.165, 1.54) is 0 Å². The Morgan fingerprint density at radius 1 is 1.22 bits per heavy atom. The van der Waals surface area contributed by atoms with E-state index in [4.69, 9.17) is 0 Å². The molecule has 4 rings (SSSR count). The molecule has 2 aliphatic rings. The first kappa shape index (κ1) is 14.7. The van der Waals surface area contributed by atoms with Crippen molar-refractivity contribution >= 4 is 22.9 Å². The molecule has 2 unspecified atom stereocenters. The van der Waals surface area contributed by atoms with Crippen molar-refractivity contribution in [1.29, 1.82) is 0 Å². The maximum atomic E-state index is 12.7. The zero-order valence-electron chi connectivity index (χ0n) is 13.6. The lowest BCUT2D eigenvalue weighted by Gasteiger charge is -2.19. The van der Waals surface area contributed by atoms with Crippen LogP contribution in [0, 0.1) is 5.92 Å². The lowest BCUT2D eigenvalue weighted by Crippen LogP contribution is -2.31. The van der Waals surface area contributed by atoms with Gasteiger partial charge in [-0.25, -0.2) is 4.98 Å². The number of para-hydroxylation sites is 2. The van der Waals surface area contributed by atoms with Crippen molar-refractivity contribution in [3.63, 3.8) is 0 Å². The molecule has 1 saturated heterocycles. The highest BCUT2D eigenvalue weighted by Gasteiger charge is 2.32. The molecule has 0 aliphatic carbocycles. The molecule has 0 spiro atoms. The summed E-state index contributed by atoms with van der Waals surface area (Å²) in [5.74, 6) is 1.48. The highest BCUT2D eigenvalue weighted by atomic mass is 16.2. The van der Waals surface area contributed by atoms with Crippen LogP contribution in [-0.4, -0.2) is 34.1 Å². The van der Waals surface area contributed by atoms with Crippen LogP contribution >= 0.6 is 0 Å². The number of imidazole rings is 1. The number of nitrogens with one attached hydrogen (secondary N) is 2. The van der Waals surface area contributed by atoms with Gasteiger partial charge in [-0.1, -0.05) is 12.1 Å². The number of fused-ring (bicyclic) bond motifs is 3. The van der Waals surface area contributed by atoms with Crippen LogP contribution < -0.4 is 15.8 Å². The summed E-state index contributed by atoms with van der Waals surface area (Å²) in [5, 5.41) is 0. The van der Waals surface area contributed by atoms with Gasteiger partial charge in [0, 0.05) is 31.6 Å². The third-order valence-electron chi connectivity index (χ3n) is 5.24. The summed E-state index contributed by atoms with van der Waals surface area (Å²) in [6, 6.07) is 8.88. The van der Waals surface area contributed by atoms with E-state index in [-0.39, 0.29) is 5.91 Å². The molecule has 1 amide bonds. The molecule has 2 aliphatic heterocycles. The van der Waals surface area contributed by atoms with Gasteiger partial charge in [-0.2, -0.15) is 0 Å². The lowest BCUT2D eigenvalue weighted by molar-refractivity contribution is -0.118. The number of anilines is 1. The molecular weight excluding hydrogens is 290 g/mol. The average molecular weight is 313 g/mol. The van der Waals surface area contributed by atoms with Gasteiger partial charge < -0.3 is 4.57 Å². The second-order valence-electron chi connectivity index (χ2n) is 6.67. The number of benzene rings is 1. The Kier molecular flexibility index (Phi) is 3.58. The predicted octanol–water partition coefficient (Wildman–Crippen LogP) is 1.66. The SMILES string of the molecule is CC1NNC(C)C1CCC(=O)N1CCn2c1nc1ccccc12. The number of hydrogen-bond acceptors (Lipinski definition) is 4. The number of carbonyl (C=O) groups is 1. The second-order valence-corrected chi connectivity index (χ2v) is 6.67. The molecule has 3 heterocycles. The van der Waals surface area contributed by atoms with E-state index in [2.05, 4.69) is 40.3 Å². The molecule has 1 fully saturated rings. The molecule has 0 radical (unpaired) electrons. The summed E-state index contributed by atoms with van der Waals surface area (Å²) in [6.45, 7) is 5.90. The maximum absolute atomic E-state index is 12.7. The van der Waals surface area contributed by atoms with Gasteiger partial charge in [0.1, 0.15) is 0 Å². The molecule has 0 saturated carbocycles. The van der Waals surface area contributed by atoms with E-state index in [9.17, 15) is 4.79 Å². The molecule has 1 aromatic heterocycles. The monoisotopic (exact) mass is 313 g/mol. The molecule has 0 bridgehead atoms. The Balaban J connectivity index is 1.49. The fraction of sp³-hybridized carbons (Fsp3) is 0.529. The number of hydrazine groups is 1. The first-order chi connectivity index (χ1) is 11.1. The lowest BCUT2D eigenvalue weighted by atomic mass is 9.91. The molecule has 2 N–H and O–H groups in total. The van der Waals surface area contributed by atoms with Crippen LogP contribution in [0.2, 0.25) is 0 Å². The third-order valence-corrected chi connectivity index (χ3v) is 5.24. The highest BCUT2D eigenvalue weighted by Crippen LogP contribution is 2.28. The minimum absolute atomic E-state index is 0.186. The van der Waals surface area contributed by atoms with Crippen LogP contribution in [0.15, 0.2) is 24.3 Å². The topological polar surface area (TPSA) is 62.2 Å². The first-order valence-electron chi connectivity index (χ1n) is 8.42. The predicted molar refractivity (Wildman–Crippen MR) is 90.0 cm³/mol. The summed E-state index contributed by atoms with van der Waals surface area (Å²) in [4.78, 5) is 19.2. The van der Waals surface area contributed by atoms with Crippen molar-refractivity contribution in [2.45, 2.75) is 45.3 Å². The Bertz CT molecular complexity index is 730. The van der Waals surface area contributed by atoms with Gasteiger partial charge in [0.05, 0.1) is 11.0 Å². The van der Waals surface area contributed by atoms with Gasteiger partial charge in [-0.15, -0.1) is 0 Å². The molecule has 1 aromatic carbocycles. The zero-order chi connectivity index (χ0) is 16.0. The van der Waals surface area contributed by atoms with Crippen molar-refractivity contribution < 1.29 is 4.79 Å². The fourth-order valence-electron chi connectivity index (χ4n) is 3.86. The molecule has 6 heteroatoms. The van der Waals surface area contributed by atoms with E-state index in [1.807, 2.05) is 23.1 Å². The summed E-state index contributed by atoms with van der Waals surface area (Å²) in [7, 11) is 0. The normalized spacial score (nSPS) is 26.9. The maximum Gasteiger partial charge on any atom is 0.229 e. The number of nitrogens with zero attached hydrogens (tertiary/aromatic N) is 3. The van der Waals surface area contributed by atoms with Crippen LogP contribution in [0.1, 0.15) is 26.7 Å². The van der Waals surface area contributed by atoms with Gasteiger partial charge in [-0.05, 0) is 38.3 Å².